The van der Waals surface area contributed by atoms with Crippen molar-refractivity contribution in [1.29, 1.82) is 0 Å². The standard InChI is InChI=1S/C10H17NO2/c1-7-9(5-6-13-7)11(2)10(12)8-3-4-8/h7-9H,3-6H2,1-2H3. The quantitative estimate of drug-likeness (QED) is 0.640. The lowest BCUT2D eigenvalue weighted by atomic mass is 10.1. The molecule has 1 aliphatic carbocycles. The Hall–Kier alpha value is -0.570. The highest BCUT2D eigenvalue weighted by Crippen LogP contribution is 2.32. The van der Waals surface area contributed by atoms with Crippen LogP contribution in [0.5, 0.6) is 0 Å². The Morgan fingerprint density at radius 2 is 2.08 bits per heavy atom. The van der Waals surface area contributed by atoms with Crippen molar-refractivity contribution in [1.82, 2.24) is 4.90 Å². The van der Waals surface area contributed by atoms with Crippen molar-refractivity contribution in [3.8, 4) is 0 Å². The van der Waals surface area contributed by atoms with Crippen molar-refractivity contribution in [2.75, 3.05) is 13.7 Å². The summed E-state index contributed by atoms with van der Waals surface area (Å²) in [6.07, 6.45) is 3.39. The van der Waals surface area contributed by atoms with E-state index in [4.69, 9.17) is 4.74 Å². The van der Waals surface area contributed by atoms with Gasteiger partial charge in [0, 0.05) is 19.6 Å². The van der Waals surface area contributed by atoms with E-state index >= 15 is 0 Å². The molecule has 2 unspecified atom stereocenters. The van der Waals surface area contributed by atoms with E-state index in [-0.39, 0.29) is 6.10 Å². The van der Waals surface area contributed by atoms with Crippen molar-refractivity contribution in [2.24, 2.45) is 5.92 Å². The minimum absolute atomic E-state index is 0.215. The van der Waals surface area contributed by atoms with Gasteiger partial charge < -0.3 is 9.64 Å². The molecule has 0 radical (unpaired) electrons. The number of amides is 1. The van der Waals surface area contributed by atoms with Gasteiger partial charge in [0.1, 0.15) is 0 Å². The number of hydrogen-bond donors (Lipinski definition) is 0. The summed E-state index contributed by atoms with van der Waals surface area (Å²) < 4.78 is 5.44. The third kappa shape index (κ3) is 1.70. The first kappa shape index (κ1) is 9.00. The van der Waals surface area contributed by atoms with Gasteiger partial charge in [0.2, 0.25) is 5.91 Å². The Morgan fingerprint density at radius 1 is 1.38 bits per heavy atom. The highest BCUT2D eigenvalue weighted by Gasteiger charge is 2.37. The molecule has 0 bridgehead atoms. The summed E-state index contributed by atoms with van der Waals surface area (Å²) >= 11 is 0. The minimum atomic E-state index is 0.215. The molecular formula is C10H17NO2. The van der Waals surface area contributed by atoms with Crippen LogP contribution in [0, 0.1) is 5.92 Å². The molecule has 0 N–H and O–H groups in total. The van der Waals surface area contributed by atoms with E-state index in [2.05, 4.69) is 0 Å². The topological polar surface area (TPSA) is 29.5 Å². The summed E-state index contributed by atoms with van der Waals surface area (Å²) in [5, 5.41) is 0. The molecule has 2 atom stereocenters. The smallest absolute Gasteiger partial charge is 0.225 e. The van der Waals surface area contributed by atoms with E-state index < -0.39 is 0 Å². The fraction of sp³-hybridized carbons (Fsp3) is 0.900. The first-order valence-corrected chi connectivity index (χ1v) is 5.08. The van der Waals surface area contributed by atoms with Crippen molar-refractivity contribution in [3.63, 3.8) is 0 Å². The summed E-state index contributed by atoms with van der Waals surface area (Å²) in [6.45, 7) is 2.85. The third-order valence-electron chi connectivity index (χ3n) is 3.11. The highest BCUT2D eigenvalue weighted by atomic mass is 16.5. The van der Waals surface area contributed by atoms with Gasteiger partial charge in [-0.05, 0) is 26.2 Å². The van der Waals surface area contributed by atoms with E-state index in [1.807, 2.05) is 18.9 Å². The summed E-state index contributed by atoms with van der Waals surface area (Å²) in [5.74, 6) is 0.653. The van der Waals surface area contributed by atoms with Crippen molar-refractivity contribution in [2.45, 2.75) is 38.3 Å². The van der Waals surface area contributed by atoms with E-state index in [1.165, 1.54) is 0 Å². The zero-order chi connectivity index (χ0) is 9.42. The fourth-order valence-corrected chi connectivity index (χ4v) is 2.01. The van der Waals surface area contributed by atoms with Crippen LogP contribution < -0.4 is 0 Å². The molecule has 0 spiro atoms. The zero-order valence-electron chi connectivity index (χ0n) is 8.32. The average molecular weight is 183 g/mol. The van der Waals surface area contributed by atoms with E-state index in [0.717, 1.165) is 25.9 Å². The van der Waals surface area contributed by atoms with Gasteiger partial charge in [-0.15, -0.1) is 0 Å². The second-order valence-corrected chi connectivity index (χ2v) is 4.16. The molecule has 3 heteroatoms. The molecule has 1 saturated carbocycles. The third-order valence-corrected chi connectivity index (χ3v) is 3.11. The van der Waals surface area contributed by atoms with Crippen LogP contribution in [0.3, 0.4) is 0 Å². The van der Waals surface area contributed by atoms with Gasteiger partial charge in [0.05, 0.1) is 12.1 Å². The van der Waals surface area contributed by atoms with E-state index in [1.54, 1.807) is 0 Å². The first-order valence-electron chi connectivity index (χ1n) is 5.08. The van der Waals surface area contributed by atoms with Gasteiger partial charge in [0.25, 0.3) is 0 Å². The van der Waals surface area contributed by atoms with Gasteiger partial charge in [-0.2, -0.15) is 0 Å². The van der Waals surface area contributed by atoms with Crippen LogP contribution in [-0.2, 0) is 9.53 Å². The molecule has 2 fully saturated rings. The molecular weight excluding hydrogens is 166 g/mol. The molecule has 1 heterocycles. The summed E-state index contributed by atoms with van der Waals surface area (Å²) in [6, 6.07) is 0.313. The molecule has 1 saturated heterocycles. The minimum Gasteiger partial charge on any atom is -0.376 e. The molecule has 1 amide bonds. The summed E-state index contributed by atoms with van der Waals surface area (Å²) in [7, 11) is 1.91. The van der Waals surface area contributed by atoms with Gasteiger partial charge in [0.15, 0.2) is 0 Å². The number of hydrogen-bond acceptors (Lipinski definition) is 2. The second kappa shape index (κ2) is 3.29. The molecule has 0 aromatic heterocycles. The van der Waals surface area contributed by atoms with E-state index in [9.17, 15) is 4.79 Å². The lowest BCUT2D eigenvalue weighted by molar-refractivity contribution is -0.134. The molecule has 1 aliphatic heterocycles. The van der Waals surface area contributed by atoms with Crippen molar-refractivity contribution < 1.29 is 9.53 Å². The number of nitrogens with zero attached hydrogens (tertiary/aromatic N) is 1. The van der Waals surface area contributed by atoms with Gasteiger partial charge >= 0.3 is 0 Å². The van der Waals surface area contributed by atoms with Gasteiger partial charge in [-0.25, -0.2) is 0 Å². The molecule has 74 valence electrons. The molecule has 13 heavy (non-hydrogen) atoms. The molecule has 0 aromatic carbocycles. The van der Waals surface area contributed by atoms with Crippen LogP contribution in [0.1, 0.15) is 26.2 Å². The molecule has 2 aliphatic rings. The number of rotatable bonds is 2. The Balaban J connectivity index is 1.94. The van der Waals surface area contributed by atoms with Crippen LogP contribution in [0.25, 0.3) is 0 Å². The van der Waals surface area contributed by atoms with Crippen LogP contribution in [0.15, 0.2) is 0 Å². The van der Waals surface area contributed by atoms with Crippen molar-refractivity contribution in [3.05, 3.63) is 0 Å². The average Bonchev–Trinajstić information content (AvgIpc) is 2.87. The maximum atomic E-state index is 11.7. The maximum absolute atomic E-state index is 11.7. The Morgan fingerprint density at radius 3 is 2.54 bits per heavy atom. The maximum Gasteiger partial charge on any atom is 0.225 e. The largest absolute Gasteiger partial charge is 0.376 e. The normalized spacial score (nSPS) is 33.4. The van der Waals surface area contributed by atoms with Crippen LogP contribution in [0.4, 0.5) is 0 Å². The van der Waals surface area contributed by atoms with Gasteiger partial charge in [-0.3, -0.25) is 4.79 Å². The lowest BCUT2D eigenvalue weighted by Crippen LogP contribution is -2.41. The number of carbonyl (C=O) groups excluding carboxylic acids is 1. The number of likely N-dealkylation sites (N-methyl/N-ethyl adjacent to an activating group) is 1. The summed E-state index contributed by atoms with van der Waals surface area (Å²) in [5.41, 5.74) is 0. The Bertz CT molecular complexity index is 213. The number of carbonyl (C=O) groups is 1. The summed E-state index contributed by atoms with van der Waals surface area (Å²) in [4.78, 5) is 13.6. The molecule has 0 aromatic rings. The van der Waals surface area contributed by atoms with Crippen LogP contribution >= 0.6 is 0 Å². The van der Waals surface area contributed by atoms with E-state index in [0.29, 0.717) is 17.9 Å². The predicted octanol–water partition coefficient (Wildman–Crippen LogP) is 1.03. The predicted molar refractivity (Wildman–Crippen MR) is 49.3 cm³/mol. The highest BCUT2D eigenvalue weighted by molar-refractivity contribution is 5.81. The fourth-order valence-electron chi connectivity index (χ4n) is 2.01. The SMILES string of the molecule is CC1OCCC1N(C)C(=O)C1CC1. The van der Waals surface area contributed by atoms with Crippen molar-refractivity contribution >= 4 is 5.91 Å². The molecule has 2 rings (SSSR count). The number of ether oxygens (including phenoxy) is 1. The zero-order valence-corrected chi connectivity index (χ0v) is 8.32. The first-order chi connectivity index (χ1) is 6.20. The van der Waals surface area contributed by atoms with Crippen LogP contribution in [-0.4, -0.2) is 36.6 Å². The monoisotopic (exact) mass is 183 g/mol. The van der Waals surface area contributed by atoms with Crippen LogP contribution in [0.2, 0.25) is 0 Å². The Labute approximate surface area is 79.0 Å². The molecule has 3 nitrogen and oxygen atoms in total. The van der Waals surface area contributed by atoms with Gasteiger partial charge in [-0.1, -0.05) is 0 Å². The lowest BCUT2D eigenvalue weighted by Gasteiger charge is -2.26. The Kier molecular flexibility index (Phi) is 2.28. The second-order valence-electron chi connectivity index (χ2n) is 4.16.